The summed E-state index contributed by atoms with van der Waals surface area (Å²) in [4.78, 5) is 8.63. The van der Waals surface area contributed by atoms with Crippen LogP contribution < -0.4 is 14.8 Å². The maximum absolute atomic E-state index is 14.0. The van der Waals surface area contributed by atoms with E-state index in [-0.39, 0.29) is 16.8 Å². The predicted molar refractivity (Wildman–Crippen MR) is 126 cm³/mol. The number of H-pyrrole nitrogens is 1. The van der Waals surface area contributed by atoms with Crippen LogP contribution in [0.4, 0.5) is 10.1 Å². The van der Waals surface area contributed by atoms with Crippen LogP contribution in [0.3, 0.4) is 0 Å². The molecule has 1 atom stereocenters. The zero-order valence-electron chi connectivity index (χ0n) is 18.0. The number of hydrogen-bond donors (Lipinski definition) is 3. The maximum atomic E-state index is 14.0. The zero-order chi connectivity index (χ0) is 23.9. The smallest absolute Gasteiger partial charge is 0.264 e. The number of sulfonamides is 1. The van der Waals surface area contributed by atoms with E-state index in [1.807, 2.05) is 6.92 Å². The number of halogens is 2. The average Bonchev–Trinajstić information content (AvgIpc) is 3.45. The fourth-order valence-corrected chi connectivity index (χ4v) is 5.12. The molecule has 9 nitrogen and oxygen atoms in total. The molecule has 0 saturated carbocycles. The lowest BCUT2D eigenvalue weighted by Crippen LogP contribution is -2.20. The topological polar surface area (TPSA) is 122 Å². The first-order chi connectivity index (χ1) is 16.3. The van der Waals surface area contributed by atoms with Crippen LogP contribution in [0.15, 0.2) is 47.4 Å². The van der Waals surface area contributed by atoms with Gasteiger partial charge in [0.25, 0.3) is 10.0 Å². The van der Waals surface area contributed by atoms with Crippen molar-refractivity contribution >= 4 is 38.3 Å². The van der Waals surface area contributed by atoms with Crippen LogP contribution in [0.2, 0.25) is 5.02 Å². The molecule has 0 unspecified atom stereocenters. The van der Waals surface area contributed by atoms with E-state index in [9.17, 15) is 12.8 Å². The van der Waals surface area contributed by atoms with E-state index in [0.717, 1.165) is 42.7 Å². The highest BCUT2D eigenvalue weighted by atomic mass is 35.5. The Balaban J connectivity index is 1.44. The zero-order valence-corrected chi connectivity index (χ0v) is 19.5. The molecule has 34 heavy (non-hydrogen) atoms. The third-order valence-electron chi connectivity index (χ3n) is 5.44. The lowest BCUT2D eigenvalue weighted by atomic mass is 10.2. The summed E-state index contributed by atoms with van der Waals surface area (Å²) in [5.74, 6) is -0.0522. The molecule has 4 aromatic rings. The SMILES string of the molecule is Cc1n[nH]c2nc(-c3ccc(NS(=O)(=O)c4cc(Cl)ccc4F)cc3)nc(O[C@H]3CCNC3)c12. The molecule has 2 aromatic carbocycles. The van der Waals surface area contributed by atoms with Crippen LogP contribution in [0, 0.1) is 12.7 Å². The summed E-state index contributed by atoms with van der Waals surface area (Å²) in [7, 11) is -4.17. The fourth-order valence-electron chi connectivity index (χ4n) is 3.72. The Bertz CT molecular complexity index is 1470. The van der Waals surface area contributed by atoms with Gasteiger partial charge < -0.3 is 10.1 Å². The summed E-state index contributed by atoms with van der Waals surface area (Å²) in [6.45, 7) is 3.47. The molecule has 2 aromatic heterocycles. The van der Waals surface area contributed by atoms with Gasteiger partial charge in [-0.2, -0.15) is 10.1 Å². The van der Waals surface area contributed by atoms with Crippen molar-refractivity contribution in [3.05, 3.63) is 59.0 Å². The minimum atomic E-state index is -4.17. The molecule has 0 amide bonds. The van der Waals surface area contributed by atoms with Gasteiger partial charge in [0.1, 0.15) is 22.2 Å². The predicted octanol–water partition coefficient (Wildman–Crippen LogP) is 3.66. The van der Waals surface area contributed by atoms with E-state index in [1.54, 1.807) is 24.3 Å². The van der Waals surface area contributed by atoms with E-state index >= 15 is 0 Å². The average molecular weight is 503 g/mol. The first kappa shape index (κ1) is 22.5. The summed E-state index contributed by atoms with van der Waals surface area (Å²) in [6.07, 6.45) is 0.878. The second kappa shape index (κ2) is 8.82. The number of aromatic nitrogens is 4. The van der Waals surface area contributed by atoms with Gasteiger partial charge in [-0.25, -0.2) is 17.8 Å². The maximum Gasteiger partial charge on any atom is 0.264 e. The van der Waals surface area contributed by atoms with E-state index < -0.39 is 20.7 Å². The van der Waals surface area contributed by atoms with Crippen LogP contribution in [0.5, 0.6) is 5.88 Å². The first-order valence-electron chi connectivity index (χ1n) is 10.5. The number of aryl methyl sites for hydroxylation is 1. The second-order valence-corrected chi connectivity index (χ2v) is 9.96. The number of hydrogen-bond acceptors (Lipinski definition) is 7. The summed E-state index contributed by atoms with van der Waals surface area (Å²) in [5.41, 5.74) is 2.17. The molecular weight excluding hydrogens is 483 g/mol. The molecule has 0 radical (unpaired) electrons. The number of rotatable bonds is 6. The van der Waals surface area contributed by atoms with Crippen molar-refractivity contribution in [3.63, 3.8) is 0 Å². The Morgan fingerprint density at radius 2 is 1.97 bits per heavy atom. The highest BCUT2D eigenvalue weighted by Crippen LogP contribution is 2.30. The van der Waals surface area contributed by atoms with Crippen molar-refractivity contribution in [2.24, 2.45) is 0 Å². The molecular formula is C22H20ClFN6O3S. The quantitative estimate of drug-likeness (QED) is 0.368. The van der Waals surface area contributed by atoms with Gasteiger partial charge >= 0.3 is 0 Å². The summed E-state index contributed by atoms with van der Waals surface area (Å²) >= 11 is 5.83. The van der Waals surface area contributed by atoms with Gasteiger partial charge in [0, 0.05) is 22.8 Å². The minimum Gasteiger partial charge on any atom is -0.472 e. The van der Waals surface area contributed by atoms with Crippen LogP contribution in [-0.2, 0) is 10.0 Å². The molecule has 1 saturated heterocycles. The van der Waals surface area contributed by atoms with Crippen molar-refractivity contribution in [2.45, 2.75) is 24.3 Å². The Kier molecular flexibility index (Phi) is 5.84. The minimum absolute atomic E-state index is 0.00363. The van der Waals surface area contributed by atoms with Crippen LogP contribution in [0.1, 0.15) is 12.1 Å². The highest BCUT2D eigenvalue weighted by Gasteiger charge is 2.22. The van der Waals surface area contributed by atoms with Crippen LogP contribution in [-0.4, -0.2) is 47.8 Å². The highest BCUT2D eigenvalue weighted by molar-refractivity contribution is 7.92. The summed E-state index contributed by atoms with van der Waals surface area (Å²) in [6, 6.07) is 9.76. The van der Waals surface area contributed by atoms with Crippen molar-refractivity contribution < 1.29 is 17.5 Å². The van der Waals surface area contributed by atoms with Crippen molar-refractivity contribution in [2.75, 3.05) is 17.8 Å². The Hall–Kier alpha value is -3.28. The molecule has 3 N–H and O–H groups in total. The number of aromatic amines is 1. The Labute approximate surface area is 199 Å². The van der Waals surface area contributed by atoms with E-state index in [4.69, 9.17) is 16.3 Å². The summed E-state index contributed by atoms with van der Waals surface area (Å²) < 4.78 is 47.8. The number of benzene rings is 2. The third kappa shape index (κ3) is 4.41. The van der Waals surface area contributed by atoms with E-state index in [2.05, 4.69) is 30.2 Å². The van der Waals surface area contributed by atoms with Gasteiger partial charge in [0.05, 0.1) is 5.69 Å². The van der Waals surface area contributed by atoms with Gasteiger partial charge in [-0.3, -0.25) is 9.82 Å². The van der Waals surface area contributed by atoms with E-state index in [1.165, 1.54) is 6.07 Å². The van der Waals surface area contributed by atoms with Crippen molar-refractivity contribution in [1.29, 1.82) is 0 Å². The molecule has 1 fully saturated rings. The largest absolute Gasteiger partial charge is 0.472 e. The molecule has 3 heterocycles. The van der Waals surface area contributed by atoms with Gasteiger partial charge in [-0.05, 0) is 62.4 Å². The molecule has 0 bridgehead atoms. The van der Waals surface area contributed by atoms with Gasteiger partial charge in [0.15, 0.2) is 11.5 Å². The number of ether oxygens (including phenoxy) is 1. The molecule has 1 aliphatic rings. The number of anilines is 1. The molecule has 5 rings (SSSR count). The summed E-state index contributed by atoms with van der Waals surface area (Å²) in [5, 5.41) is 11.2. The van der Waals surface area contributed by atoms with Gasteiger partial charge in [-0.1, -0.05) is 11.6 Å². The van der Waals surface area contributed by atoms with Crippen LogP contribution in [0.25, 0.3) is 22.4 Å². The standard InChI is InChI=1S/C22H20ClFN6O3S/c1-12-19-21(29-28-12)26-20(27-22(19)33-16-8-9-25-11-16)13-2-5-15(6-3-13)30-34(31,32)18-10-14(23)4-7-17(18)24/h2-7,10,16,25,30H,8-9,11H2,1H3,(H,26,27,28,29)/t16-/m0/s1. The monoisotopic (exact) mass is 502 g/mol. The molecule has 176 valence electrons. The van der Waals surface area contributed by atoms with Gasteiger partial charge in [0.2, 0.25) is 5.88 Å². The Morgan fingerprint density at radius 1 is 1.18 bits per heavy atom. The van der Waals surface area contributed by atoms with E-state index in [0.29, 0.717) is 22.9 Å². The number of nitrogens with zero attached hydrogens (tertiary/aromatic N) is 3. The number of nitrogens with one attached hydrogen (secondary N) is 3. The Morgan fingerprint density at radius 3 is 2.71 bits per heavy atom. The second-order valence-electron chi connectivity index (χ2n) is 7.88. The normalized spacial score (nSPS) is 16.1. The van der Waals surface area contributed by atoms with Crippen molar-refractivity contribution in [3.8, 4) is 17.3 Å². The number of fused-ring (bicyclic) bond motifs is 1. The van der Waals surface area contributed by atoms with Crippen molar-refractivity contribution in [1.82, 2.24) is 25.5 Å². The molecule has 1 aliphatic heterocycles. The van der Waals surface area contributed by atoms with Gasteiger partial charge in [-0.15, -0.1) is 0 Å². The molecule has 12 heteroatoms. The first-order valence-corrected chi connectivity index (χ1v) is 12.3. The third-order valence-corrected chi connectivity index (χ3v) is 7.07. The molecule has 0 spiro atoms. The molecule has 0 aliphatic carbocycles. The lowest BCUT2D eigenvalue weighted by molar-refractivity contribution is 0.217. The van der Waals surface area contributed by atoms with Crippen LogP contribution >= 0.6 is 11.6 Å². The fraction of sp³-hybridized carbons (Fsp3) is 0.227. The lowest BCUT2D eigenvalue weighted by Gasteiger charge is -2.14.